The molecule has 0 radical (unpaired) electrons. The summed E-state index contributed by atoms with van der Waals surface area (Å²) in [6.07, 6.45) is 1.65. The van der Waals surface area contributed by atoms with E-state index in [1.54, 1.807) is 0 Å². The van der Waals surface area contributed by atoms with E-state index in [0.717, 1.165) is 6.42 Å². The zero-order chi connectivity index (χ0) is 14.4. The molecule has 0 bridgehead atoms. The topological polar surface area (TPSA) is 40.9 Å². The average Bonchev–Trinajstić information content (AvgIpc) is 3.12. The number of rotatable bonds is 2. The van der Waals surface area contributed by atoms with Gasteiger partial charge in [-0.1, -0.05) is 42.5 Å². The number of fused-ring (bicyclic) bond motifs is 1. The van der Waals surface area contributed by atoms with Crippen molar-refractivity contribution in [1.29, 1.82) is 5.26 Å². The van der Waals surface area contributed by atoms with Gasteiger partial charge in [0.05, 0.1) is 11.6 Å². The Labute approximate surface area is 124 Å². The van der Waals surface area contributed by atoms with Crippen molar-refractivity contribution < 1.29 is 4.79 Å². The molecule has 2 nitrogen and oxygen atoms in total. The Morgan fingerprint density at radius 3 is 2.38 bits per heavy atom. The van der Waals surface area contributed by atoms with Gasteiger partial charge in [0, 0.05) is 23.7 Å². The van der Waals surface area contributed by atoms with Crippen LogP contribution in [0.25, 0.3) is 0 Å². The Morgan fingerprint density at radius 2 is 1.71 bits per heavy atom. The van der Waals surface area contributed by atoms with Crippen molar-refractivity contribution in [2.24, 2.45) is 5.92 Å². The van der Waals surface area contributed by atoms with Crippen LogP contribution >= 0.6 is 0 Å². The van der Waals surface area contributed by atoms with Crippen LogP contribution in [0.4, 0.5) is 0 Å². The maximum atomic E-state index is 12.2. The molecule has 0 aromatic heterocycles. The first-order valence-electron chi connectivity index (χ1n) is 7.35. The summed E-state index contributed by atoms with van der Waals surface area (Å²) in [7, 11) is 0. The van der Waals surface area contributed by atoms with E-state index in [0.29, 0.717) is 17.8 Å². The van der Waals surface area contributed by atoms with E-state index in [2.05, 4.69) is 30.3 Å². The number of ketones is 1. The van der Waals surface area contributed by atoms with Crippen LogP contribution in [0.3, 0.4) is 0 Å². The number of nitrogens with zero attached hydrogens (tertiary/aromatic N) is 1. The summed E-state index contributed by atoms with van der Waals surface area (Å²) in [6.45, 7) is 0. The molecule has 2 aliphatic carbocycles. The van der Waals surface area contributed by atoms with Gasteiger partial charge in [-0.15, -0.1) is 0 Å². The molecular weight excluding hydrogens is 258 g/mol. The lowest BCUT2D eigenvalue weighted by molar-refractivity contribution is -0.119. The second kappa shape index (κ2) is 4.30. The van der Waals surface area contributed by atoms with Crippen LogP contribution in [0.5, 0.6) is 0 Å². The molecule has 1 unspecified atom stereocenters. The Bertz CT molecular complexity index is 741. The lowest BCUT2D eigenvalue weighted by Crippen LogP contribution is -2.08. The van der Waals surface area contributed by atoms with Crippen molar-refractivity contribution in [2.45, 2.75) is 24.2 Å². The number of hydrogen-bond donors (Lipinski definition) is 0. The van der Waals surface area contributed by atoms with Gasteiger partial charge in [-0.05, 0) is 29.7 Å². The molecule has 0 heterocycles. The molecule has 4 rings (SSSR count). The Morgan fingerprint density at radius 1 is 1.00 bits per heavy atom. The highest BCUT2D eigenvalue weighted by molar-refractivity contribution is 5.92. The van der Waals surface area contributed by atoms with Crippen molar-refractivity contribution in [3.63, 3.8) is 0 Å². The van der Waals surface area contributed by atoms with E-state index in [-0.39, 0.29) is 17.3 Å². The van der Waals surface area contributed by atoms with Gasteiger partial charge in [-0.2, -0.15) is 5.26 Å². The van der Waals surface area contributed by atoms with Crippen LogP contribution in [0.1, 0.15) is 35.4 Å². The number of carbonyl (C=O) groups excluding carboxylic acids is 1. The minimum Gasteiger partial charge on any atom is -0.299 e. The minimum atomic E-state index is 0.00645. The maximum absolute atomic E-state index is 12.2. The average molecular weight is 273 g/mol. The second-order valence-corrected chi connectivity index (χ2v) is 6.06. The van der Waals surface area contributed by atoms with Gasteiger partial charge in [0.2, 0.25) is 0 Å². The summed E-state index contributed by atoms with van der Waals surface area (Å²) in [5.41, 5.74) is 3.16. The maximum Gasteiger partial charge on any atom is 0.137 e. The van der Waals surface area contributed by atoms with Gasteiger partial charge in [0.15, 0.2) is 0 Å². The van der Waals surface area contributed by atoms with Gasteiger partial charge >= 0.3 is 0 Å². The fourth-order valence-electron chi connectivity index (χ4n) is 4.22. The summed E-state index contributed by atoms with van der Waals surface area (Å²) >= 11 is 0. The summed E-state index contributed by atoms with van der Waals surface area (Å²) < 4.78 is 0. The molecule has 2 fully saturated rings. The van der Waals surface area contributed by atoms with E-state index in [4.69, 9.17) is 5.26 Å². The molecule has 2 aliphatic rings. The lowest BCUT2D eigenvalue weighted by atomic mass is 9.88. The highest BCUT2D eigenvalue weighted by Crippen LogP contribution is 2.72. The summed E-state index contributed by atoms with van der Waals surface area (Å²) in [5, 5.41) is 8.91. The van der Waals surface area contributed by atoms with Gasteiger partial charge in [0.25, 0.3) is 0 Å². The SMILES string of the molecule is N#Cc1ccc([C@@H]2C3C(=O)CC[C@@]32c2ccccc2)cc1. The number of nitriles is 1. The van der Waals surface area contributed by atoms with Crippen molar-refractivity contribution in [3.8, 4) is 6.07 Å². The van der Waals surface area contributed by atoms with Crippen molar-refractivity contribution in [2.75, 3.05) is 0 Å². The van der Waals surface area contributed by atoms with E-state index >= 15 is 0 Å². The third-order valence-electron chi connectivity index (χ3n) is 5.18. The first kappa shape index (κ1) is 12.3. The predicted molar refractivity (Wildman–Crippen MR) is 79.7 cm³/mol. The monoisotopic (exact) mass is 273 g/mol. The fourth-order valence-corrected chi connectivity index (χ4v) is 4.22. The number of benzene rings is 2. The minimum absolute atomic E-state index is 0.00645. The molecule has 2 aromatic rings. The number of Topliss-reactive ketones (excluding diaryl/α,β-unsaturated/α-hetero) is 1. The van der Waals surface area contributed by atoms with E-state index in [1.165, 1.54) is 11.1 Å². The molecule has 0 N–H and O–H groups in total. The molecule has 2 saturated carbocycles. The Balaban J connectivity index is 1.76. The molecule has 2 heteroatoms. The van der Waals surface area contributed by atoms with Crippen LogP contribution < -0.4 is 0 Å². The Hall–Kier alpha value is -2.40. The highest BCUT2D eigenvalue weighted by atomic mass is 16.1. The lowest BCUT2D eigenvalue weighted by Gasteiger charge is -2.15. The van der Waals surface area contributed by atoms with Crippen molar-refractivity contribution in [1.82, 2.24) is 0 Å². The van der Waals surface area contributed by atoms with Gasteiger partial charge in [-0.3, -0.25) is 4.79 Å². The quantitative estimate of drug-likeness (QED) is 0.839. The smallest absolute Gasteiger partial charge is 0.137 e. The molecule has 0 saturated heterocycles. The van der Waals surface area contributed by atoms with Gasteiger partial charge < -0.3 is 0 Å². The molecule has 2 aromatic carbocycles. The third kappa shape index (κ3) is 1.61. The third-order valence-corrected chi connectivity index (χ3v) is 5.18. The van der Waals surface area contributed by atoms with Crippen molar-refractivity contribution >= 4 is 5.78 Å². The normalized spacial score (nSPS) is 29.8. The molecule has 0 aliphatic heterocycles. The zero-order valence-electron chi connectivity index (χ0n) is 11.6. The van der Waals surface area contributed by atoms with E-state index < -0.39 is 0 Å². The van der Waals surface area contributed by atoms with Crippen molar-refractivity contribution in [3.05, 3.63) is 71.3 Å². The van der Waals surface area contributed by atoms with Gasteiger partial charge in [0.1, 0.15) is 5.78 Å². The number of carbonyl (C=O) groups is 1. The highest BCUT2D eigenvalue weighted by Gasteiger charge is 2.71. The summed E-state index contributed by atoms with van der Waals surface area (Å²) in [4.78, 5) is 12.2. The first-order valence-corrected chi connectivity index (χ1v) is 7.35. The van der Waals surface area contributed by atoms with Crippen LogP contribution in [0, 0.1) is 17.2 Å². The standard InChI is InChI=1S/C19H15NO/c20-12-13-6-8-14(9-7-13)17-18-16(21)10-11-19(17,18)15-4-2-1-3-5-15/h1-9,17-18H,10-11H2/t17-,18?,19+/m1/s1. The van der Waals surface area contributed by atoms with Gasteiger partial charge in [-0.25, -0.2) is 0 Å². The molecule has 0 amide bonds. The molecular formula is C19H15NO. The van der Waals surface area contributed by atoms with Crippen LogP contribution in [0.15, 0.2) is 54.6 Å². The predicted octanol–water partition coefficient (Wildman–Crippen LogP) is 3.57. The second-order valence-electron chi connectivity index (χ2n) is 6.06. The fraction of sp³-hybridized carbons (Fsp3) is 0.263. The van der Waals surface area contributed by atoms with Crippen LogP contribution in [-0.2, 0) is 10.2 Å². The molecule has 3 atom stereocenters. The van der Waals surface area contributed by atoms with Crippen LogP contribution in [0.2, 0.25) is 0 Å². The first-order chi connectivity index (χ1) is 10.3. The summed E-state index contributed by atoms with van der Waals surface area (Å²) in [5.74, 6) is 0.815. The van der Waals surface area contributed by atoms with E-state index in [1.807, 2.05) is 30.3 Å². The molecule has 0 spiro atoms. The van der Waals surface area contributed by atoms with E-state index in [9.17, 15) is 4.79 Å². The Kier molecular flexibility index (Phi) is 2.53. The van der Waals surface area contributed by atoms with Crippen LogP contribution in [-0.4, -0.2) is 5.78 Å². The zero-order valence-corrected chi connectivity index (χ0v) is 11.6. The molecule has 102 valence electrons. The largest absolute Gasteiger partial charge is 0.299 e. The number of hydrogen-bond acceptors (Lipinski definition) is 2. The molecule has 21 heavy (non-hydrogen) atoms. The summed E-state index contributed by atoms with van der Waals surface area (Å²) in [6, 6.07) is 20.3.